The maximum Gasteiger partial charge on any atom is 0.332 e. The van der Waals surface area contributed by atoms with Crippen LogP contribution in [0.4, 0.5) is 0 Å². The van der Waals surface area contributed by atoms with Crippen LogP contribution in [0.3, 0.4) is 0 Å². The molecule has 0 saturated carbocycles. The summed E-state index contributed by atoms with van der Waals surface area (Å²) in [6.45, 7) is 0.806. The fraction of sp³-hybridized carbons (Fsp3) is 0.250. The van der Waals surface area contributed by atoms with Gasteiger partial charge in [-0.3, -0.25) is 9.63 Å². The second-order valence-corrected chi connectivity index (χ2v) is 3.52. The first-order chi connectivity index (χ1) is 9.04. The van der Waals surface area contributed by atoms with Gasteiger partial charge in [0.15, 0.2) is 12.7 Å². The Morgan fingerprint density at radius 3 is 2.79 bits per heavy atom. The average Bonchev–Trinajstić information content (AvgIpc) is 2.38. The lowest BCUT2D eigenvalue weighted by molar-refractivity contribution is -0.151. The SMILES string of the molecule is CC(Oc1ccccc1C#N)C(=O)NOCC(=O)O. The van der Waals surface area contributed by atoms with Gasteiger partial charge in [-0.05, 0) is 19.1 Å². The summed E-state index contributed by atoms with van der Waals surface area (Å²) in [6.07, 6.45) is -0.928. The molecule has 0 aliphatic carbocycles. The van der Waals surface area contributed by atoms with E-state index in [9.17, 15) is 9.59 Å². The molecule has 19 heavy (non-hydrogen) atoms. The van der Waals surface area contributed by atoms with Crippen LogP contribution < -0.4 is 10.2 Å². The molecule has 0 aliphatic rings. The van der Waals surface area contributed by atoms with Crippen molar-refractivity contribution in [1.82, 2.24) is 5.48 Å². The molecule has 1 rings (SSSR count). The Morgan fingerprint density at radius 2 is 2.16 bits per heavy atom. The van der Waals surface area contributed by atoms with E-state index >= 15 is 0 Å². The second kappa shape index (κ2) is 6.98. The Balaban J connectivity index is 2.54. The molecule has 2 N–H and O–H groups in total. The molecule has 0 radical (unpaired) electrons. The van der Waals surface area contributed by atoms with Crippen LogP contribution in [0.5, 0.6) is 5.75 Å². The molecule has 100 valence electrons. The number of carbonyl (C=O) groups is 2. The predicted octanol–water partition coefficient (Wildman–Crippen LogP) is 0.458. The summed E-state index contributed by atoms with van der Waals surface area (Å²) in [5, 5.41) is 17.2. The number of hydrogen-bond acceptors (Lipinski definition) is 5. The zero-order chi connectivity index (χ0) is 14.3. The third kappa shape index (κ3) is 4.65. The lowest BCUT2D eigenvalue weighted by atomic mass is 10.2. The number of amides is 1. The molecule has 1 atom stereocenters. The predicted molar refractivity (Wildman–Crippen MR) is 63.0 cm³/mol. The number of carboxylic acids is 1. The number of hydroxylamine groups is 1. The van der Waals surface area contributed by atoms with Crippen molar-refractivity contribution in [2.75, 3.05) is 6.61 Å². The number of para-hydroxylation sites is 1. The first-order valence-corrected chi connectivity index (χ1v) is 5.34. The quantitative estimate of drug-likeness (QED) is 0.722. The zero-order valence-corrected chi connectivity index (χ0v) is 10.1. The van der Waals surface area contributed by atoms with Gasteiger partial charge in [-0.1, -0.05) is 12.1 Å². The molecule has 7 nitrogen and oxygen atoms in total. The van der Waals surface area contributed by atoms with Gasteiger partial charge < -0.3 is 9.84 Å². The number of carboxylic acid groups (broad SMARTS) is 1. The minimum atomic E-state index is -1.20. The number of nitriles is 1. The fourth-order valence-corrected chi connectivity index (χ4v) is 1.16. The van der Waals surface area contributed by atoms with Gasteiger partial charge in [0.1, 0.15) is 11.8 Å². The van der Waals surface area contributed by atoms with E-state index in [-0.39, 0.29) is 5.75 Å². The van der Waals surface area contributed by atoms with Crippen LogP contribution in [-0.4, -0.2) is 29.7 Å². The minimum Gasteiger partial charge on any atom is -0.479 e. The summed E-state index contributed by atoms with van der Waals surface area (Å²) in [5.74, 6) is -1.58. The van der Waals surface area contributed by atoms with Crippen LogP contribution in [0, 0.1) is 11.3 Å². The van der Waals surface area contributed by atoms with Crippen molar-refractivity contribution < 1.29 is 24.3 Å². The van der Waals surface area contributed by atoms with Crippen LogP contribution in [0.25, 0.3) is 0 Å². The molecule has 0 fully saturated rings. The van der Waals surface area contributed by atoms with E-state index in [1.807, 2.05) is 11.5 Å². The van der Waals surface area contributed by atoms with E-state index in [0.29, 0.717) is 5.56 Å². The van der Waals surface area contributed by atoms with Gasteiger partial charge in [-0.2, -0.15) is 5.26 Å². The van der Waals surface area contributed by atoms with Crippen molar-refractivity contribution in [1.29, 1.82) is 5.26 Å². The van der Waals surface area contributed by atoms with Crippen molar-refractivity contribution >= 4 is 11.9 Å². The highest BCUT2D eigenvalue weighted by atomic mass is 16.7. The highest BCUT2D eigenvalue weighted by molar-refractivity contribution is 5.80. The van der Waals surface area contributed by atoms with Gasteiger partial charge in [-0.15, -0.1) is 0 Å². The summed E-state index contributed by atoms with van der Waals surface area (Å²) in [6, 6.07) is 8.39. The number of benzene rings is 1. The monoisotopic (exact) mass is 264 g/mol. The zero-order valence-electron chi connectivity index (χ0n) is 10.1. The van der Waals surface area contributed by atoms with Gasteiger partial charge in [-0.25, -0.2) is 10.3 Å². The molecular weight excluding hydrogens is 252 g/mol. The summed E-state index contributed by atoms with van der Waals surface area (Å²) < 4.78 is 5.29. The molecular formula is C12H12N2O5. The molecule has 1 unspecified atom stereocenters. The lowest BCUT2D eigenvalue weighted by Gasteiger charge is -2.14. The molecule has 0 aromatic heterocycles. The number of carbonyl (C=O) groups excluding carboxylic acids is 1. The number of hydrogen-bond donors (Lipinski definition) is 2. The maximum atomic E-state index is 11.5. The van der Waals surface area contributed by atoms with Crippen LogP contribution >= 0.6 is 0 Å². The highest BCUT2D eigenvalue weighted by Gasteiger charge is 2.16. The summed E-state index contributed by atoms with van der Waals surface area (Å²) >= 11 is 0. The number of rotatable bonds is 6. The van der Waals surface area contributed by atoms with Gasteiger partial charge >= 0.3 is 5.97 Å². The molecule has 1 aromatic carbocycles. The lowest BCUT2D eigenvalue weighted by Crippen LogP contribution is -2.37. The molecule has 1 amide bonds. The Bertz CT molecular complexity index is 509. The standard InChI is InChI=1S/C12H12N2O5/c1-8(12(17)14-18-7-11(15)16)19-10-5-3-2-4-9(10)6-13/h2-5,8H,7H2,1H3,(H,14,17)(H,15,16). The minimum absolute atomic E-state index is 0.269. The topological polar surface area (TPSA) is 109 Å². The van der Waals surface area contributed by atoms with E-state index in [0.717, 1.165) is 0 Å². The Labute approximate surface area is 109 Å². The van der Waals surface area contributed by atoms with Gasteiger partial charge in [0, 0.05) is 0 Å². The smallest absolute Gasteiger partial charge is 0.332 e. The van der Waals surface area contributed by atoms with Gasteiger partial charge in [0.05, 0.1) is 5.56 Å². The maximum absolute atomic E-state index is 11.5. The van der Waals surface area contributed by atoms with E-state index in [2.05, 4.69) is 4.84 Å². The molecule has 0 aliphatic heterocycles. The number of aliphatic carboxylic acids is 1. The summed E-state index contributed by atoms with van der Waals surface area (Å²) in [5.41, 5.74) is 2.24. The number of nitrogens with one attached hydrogen (secondary N) is 1. The molecule has 0 bridgehead atoms. The Kier molecular flexibility index (Phi) is 5.32. The number of ether oxygens (including phenoxy) is 1. The molecule has 7 heteroatoms. The van der Waals surface area contributed by atoms with Crippen molar-refractivity contribution in [2.24, 2.45) is 0 Å². The van der Waals surface area contributed by atoms with Crippen molar-refractivity contribution in [2.45, 2.75) is 13.0 Å². The fourth-order valence-electron chi connectivity index (χ4n) is 1.16. The van der Waals surface area contributed by atoms with Crippen LogP contribution in [0.2, 0.25) is 0 Å². The Hall–Kier alpha value is -2.59. The molecule has 0 heterocycles. The van der Waals surface area contributed by atoms with Gasteiger partial charge in [0.2, 0.25) is 0 Å². The molecule has 1 aromatic rings. The summed E-state index contributed by atoms with van der Waals surface area (Å²) in [4.78, 5) is 26.1. The Morgan fingerprint density at radius 1 is 1.47 bits per heavy atom. The van der Waals surface area contributed by atoms with E-state index < -0.39 is 24.6 Å². The average molecular weight is 264 g/mol. The van der Waals surface area contributed by atoms with Crippen molar-refractivity contribution in [3.8, 4) is 11.8 Å². The normalized spacial score (nSPS) is 11.2. The van der Waals surface area contributed by atoms with Crippen molar-refractivity contribution in [3.63, 3.8) is 0 Å². The first kappa shape index (κ1) is 14.5. The van der Waals surface area contributed by atoms with Gasteiger partial charge in [0.25, 0.3) is 5.91 Å². The highest BCUT2D eigenvalue weighted by Crippen LogP contribution is 2.17. The van der Waals surface area contributed by atoms with Crippen LogP contribution in [0.1, 0.15) is 12.5 Å². The third-order valence-corrected chi connectivity index (χ3v) is 2.05. The first-order valence-electron chi connectivity index (χ1n) is 5.34. The van der Waals surface area contributed by atoms with Crippen LogP contribution in [-0.2, 0) is 14.4 Å². The molecule has 0 spiro atoms. The third-order valence-electron chi connectivity index (χ3n) is 2.05. The van der Waals surface area contributed by atoms with Crippen molar-refractivity contribution in [3.05, 3.63) is 29.8 Å². The number of nitrogens with zero attached hydrogens (tertiary/aromatic N) is 1. The van der Waals surface area contributed by atoms with Crippen LogP contribution in [0.15, 0.2) is 24.3 Å². The summed E-state index contributed by atoms with van der Waals surface area (Å²) in [7, 11) is 0. The largest absolute Gasteiger partial charge is 0.479 e. The second-order valence-electron chi connectivity index (χ2n) is 3.52. The van der Waals surface area contributed by atoms with E-state index in [1.54, 1.807) is 24.3 Å². The van der Waals surface area contributed by atoms with E-state index in [4.69, 9.17) is 15.1 Å². The van der Waals surface area contributed by atoms with E-state index in [1.165, 1.54) is 6.92 Å². The molecule has 0 saturated heterocycles.